The molecule has 8 nitrogen and oxygen atoms in total. The van der Waals surface area contributed by atoms with Crippen molar-refractivity contribution in [2.45, 2.75) is 6.04 Å². The first-order valence-corrected chi connectivity index (χ1v) is 8.97. The lowest BCUT2D eigenvalue weighted by atomic mass is 10.0. The highest BCUT2D eigenvalue weighted by molar-refractivity contribution is 6.08. The number of nitrogens with one attached hydrogen (secondary N) is 2. The van der Waals surface area contributed by atoms with Gasteiger partial charge in [0.2, 0.25) is 0 Å². The van der Waals surface area contributed by atoms with E-state index >= 15 is 0 Å². The van der Waals surface area contributed by atoms with Crippen molar-refractivity contribution < 1.29 is 23.8 Å². The van der Waals surface area contributed by atoms with Crippen LogP contribution in [-0.2, 0) is 4.79 Å². The summed E-state index contributed by atoms with van der Waals surface area (Å²) in [6.45, 7) is 0. The van der Waals surface area contributed by atoms with Gasteiger partial charge >= 0.3 is 5.97 Å². The number of benzene rings is 2. The lowest BCUT2D eigenvalue weighted by Gasteiger charge is -2.24. The van der Waals surface area contributed by atoms with Crippen LogP contribution in [0.25, 0.3) is 0 Å². The Morgan fingerprint density at radius 1 is 1.20 bits per heavy atom. The minimum Gasteiger partial charge on any atom is -0.497 e. The first kappa shape index (κ1) is 19.2. The lowest BCUT2D eigenvalue weighted by Crippen LogP contribution is -2.25. The first-order valence-electron chi connectivity index (χ1n) is 8.97. The molecule has 9 heteroatoms. The second-order valence-electron chi connectivity index (χ2n) is 6.51. The predicted octanol–water partition coefficient (Wildman–Crippen LogP) is 3.27. The van der Waals surface area contributed by atoms with Gasteiger partial charge in [-0.3, -0.25) is 4.79 Å². The van der Waals surface area contributed by atoms with Crippen molar-refractivity contribution in [2.24, 2.45) is 0 Å². The Bertz CT molecular complexity index is 1150. The molecule has 0 bridgehead atoms. The van der Waals surface area contributed by atoms with Crippen molar-refractivity contribution in [3.8, 4) is 5.75 Å². The van der Waals surface area contributed by atoms with E-state index in [0.717, 1.165) is 5.56 Å². The maximum Gasteiger partial charge on any atom is 0.352 e. The molecule has 1 aliphatic rings. The normalized spacial score (nSPS) is 14.9. The summed E-state index contributed by atoms with van der Waals surface area (Å²) in [5.74, 6) is -1.53. The molecule has 0 saturated carbocycles. The number of allylic oxidation sites excluding steroid dienone is 1. The summed E-state index contributed by atoms with van der Waals surface area (Å²) >= 11 is 0. The summed E-state index contributed by atoms with van der Waals surface area (Å²) in [6, 6.07) is 12.3. The number of nitrogens with zero attached hydrogens (tertiary/aromatic N) is 2. The molecule has 3 N–H and O–H groups in total. The van der Waals surface area contributed by atoms with E-state index in [1.807, 2.05) is 0 Å². The molecule has 0 saturated heterocycles. The number of carboxylic acids is 1. The number of hydrogen-bond acceptors (Lipinski definition) is 5. The van der Waals surface area contributed by atoms with Gasteiger partial charge in [-0.1, -0.05) is 24.3 Å². The van der Waals surface area contributed by atoms with E-state index in [-0.39, 0.29) is 22.8 Å². The molecule has 1 unspecified atom stereocenters. The maximum atomic E-state index is 13.9. The van der Waals surface area contributed by atoms with Crippen LogP contribution >= 0.6 is 0 Å². The Morgan fingerprint density at radius 3 is 2.60 bits per heavy atom. The zero-order valence-electron chi connectivity index (χ0n) is 15.8. The quantitative estimate of drug-likeness (QED) is 0.598. The topological polar surface area (TPSA) is 105 Å². The molecule has 4 rings (SSSR count). The molecule has 1 aromatic heterocycles. The Kier molecular flexibility index (Phi) is 4.93. The number of fused-ring (bicyclic) bond motifs is 1. The number of hydrogen-bond donors (Lipinski definition) is 3. The van der Waals surface area contributed by atoms with Gasteiger partial charge < -0.3 is 20.5 Å². The van der Waals surface area contributed by atoms with E-state index in [1.165, 1.54) is 35.2 Å². The number of carbonyl (C=O) groups is 2. The number of halogens is 1. The van der Waals surface area contributed by atoms with E-state index in [9.17, 15) is 19.1 Å². The number of carbonyl (C=O) groups excluding carboxylic acids is 1. The molecule has 0 radical (unpaired) electrons. The van der Waals surface area contributed by atoms with Gasteiger partial charge in [0, 0.05) is 0 Å². The summed E-state index contributed by atoms with van der Waals surface area (Å²) < 4.78 is 20.6. The number of carboxylic acid groups (broad SMARTS) is 1. The van der Waals surface area contributed by atoms with Gasteiger partial charge in [0.15, 0.2) is 0 Å². The molecule has 0 spiro atoms. The highest BCUT2D eigenvalue weighted by atomic mass is 19.1. The van der Waals surface area contributed by atoms with Crippen LogP contribution in [0.15, 0.2) is 66.5 Å². The Balaban J connectivity index is 1.72. The summed E-state index contributed by atoms with van der Waals surface area (Å²) in [4.78, 5) is 24.4. The van der Waals surface area contributed by atoms with Gasteiger partial charge in [0.1, 0.15) is 28.6 Å². The standard InChI is InChI=1S/C21H17FN4O4/c1-30-13-8-6-12(7-9-13)18-10-17(21(28)29)24-19-14(11-23-26(18)19)20(27)25-16-5-3-2-4-15(16)22/h2-11,18,24H,1H3,(H,25,27)(H,28,29). The van der Waals surface area contributed by atoms with Gasteiger partial charge in [-0.05, 0) is 35.9 Å². The Labute approximate surface area is 170 Å². The first-order chi connectivity index (χ1) is 14.5. The number of aromatic nitrogens is 2. The fourth-order valence-corrected chi connectivity index (χ4v) is 3.18. The smallest absolute Gasteiger partial charge is 0.352 e. The second-order valence-corrected chi connectivity index (χ2v) is 6.51. The minimum atomic E-state index is -1.18. The largest absolute Gasteiger partial charge is 0.497 e. The van der Waals surface area contributed by atoms with Crippen LogP contribution in [0.4, 0.5) is 15.9 Å². The molecule has 30 heavy (non-hydrogen) atoms. The van der Waals surface area contributed by atoms with E-state index in [2.05, 4.69) is 15.7 Å². The molecule has 152 valence electrons. The number of rotatable bonds is 5. The van der Waals surface area contributed by atoms with Crippen LogP contribution < -0.4 is 15.4 Å². The minimum absolute atomic E-state index is 0.0129. The fourth-order valence-electron chi connectivity index (χ4n) is 3.18. The van der Waals surface area contributed by atoms with Gasteiger partial charge in [0.25, 0.3) is 5.91 Å². The molecule has 3 aromatic rings. The molecule has 1 atom stereocenters. The van der Waals surface area contributed by atoms with Crippen LogP contribution in [0.1, 0.15) is 22.0 Å². The molecular formula is C21H17FN4O4. The van der Waals surface area contributed by atoms with E-state index in [1.54, 1.807) is 37.4 Å². The van der Waals surface area contributed by atoms with Gasteiger partial charge in [-0.25, -0.2) is 13.9 Å². The summed E-state index contributed by atoms with van der Waals surface area (Å²) in [5, 5.41) is 19.0. The summed E-state index contributed by atoms with van der Waals surface area (Å²) in [7, 11) is 1.55. The van der Waals surface area contributed by atoms with Crippen LogP contribution in [0.2, 0.25) is 0 Å². The number of anilines is 2. The zero-order valence-corrected chi connectivity index (χ0v) is 15.8. The van der Waals surface area contributed by atoms with Crippen molar-refractivity contribution in [1.82, 2.24) is 9.78 Å². The zero-order chi connectivity index (χ0) is 21.3. The number of para-hydroxylation sites is 1. The summed E-state index contributed by atoms with van der Waals surface area (Å²) in [6.07, 6.45) is 2.82. The molecule has 0 aliphatic carbocycles. The number of methoxy groups -OCH3 is 1. The van der Waals surface area contributed by atoms with Crippen molar-refractivity contribution in [1.29, 1.82) is 0 Å². The highest BCUT2D eigenvalue weighted by Crippen LogP contribution is 2.33. The van der Waals surface area contributed by atoms with Crippen LogP contribution in [-0.4, -0.2) is 33.9 Å². The SMILES string of the molecule is COc1ccc(C2C=C(C(=O)O)Nc3c(C(=O)Nc4ccccc4F)cnn32)cc1. The molecule has 1 amide bonds. The summed E-state index contributed by atoms with van der Waals surface area (Å²) in [5.41, 5.74) is 0.757. The van der Waals surface area contributed by atoms with Gasteiger partial charge in [0.05, 0.1) is 25.0 Å². The monoisotopic (exact) mass is 408 g/mol. The highest BCUT2D eigenvalue weighted by Gasteiger charge is 2.29. The Morgan fingerprint density at radius 2 is 1.93 bits per heavy atom. The average molecular weight is 408 g/mol. The third-order valence-electron chi connectivity index (χ3n) is 4.69. The van der Waals surface area contributed by atoms with Crippen LogP contribution in [0, 0.1) is 5.82 Å². The average Bonchev–Trinajstić information content (AvgIpc) is 3.19. The van der Waals surface area contributed by atoms with Crippen LogP contribution in [0.3, 0.4) is 0 Å². The third kappa shape index (κ3) is 3.48. The van der Waals surface area contributed by atoms with Gasteiger partial charge in [-0.2, -0.15) is 5.10 Å². The second kappa shape index (κ2) is 7.70. The predicted molar refractivity (Wildman–Crippen MR) is 107 cm³/mol. The number of amides is 1. The maximum absolute atomic E-state index is 13.9. The van der Waals surface area contributed by atoms with E-state index in [4.69, 9.17) is 4.74 Å². The fraction of sp³-hybridized carbons (Fsp3) is 0.0952. The molecular weight excluding hydrogens is 391 g/mol. The third-order valence-corrected chi connectivity index (χ3v) is 4.69. The molecule has 2 aromatic carbocycles. The van der Waals surface area contributed by atoms with Crippen molar-refractivity contribution >= 4 is 23.4 Å². The van der Waals surface area contributed by atoms with E-state index in [0.29, 0.717) is 5.75 Å². The Hall–Kier alpha value is -4.14. The molecule has 2 heterocycles. The van der Waals surface area contributed by atoms with Crippen molar-refractivity contribution in [3.63, 3.8) is 0 Å². The lowest BCUT2D eigenvalue weighted by molar-refractivity contribution is -0.132. The van der Waals surface area contributed by atoms with Crippen molar-refractivity contribution in [3.05, 3.63) is 83.4 Å². The van der Waals surface area contributed by atoms with Gasteiger partial charge in [-0.15, -0.1) is 0 Å². The number of ether oxygens (including phenoxy) is 1. The number of aliphatic carboxylic acids is 1. The molecule has 1 aliphatic heterocycles. The molecule has 0 fully saturated rings. The van der Waals surface area contributed by atoms with E-state index < -0.39 is 23.7 Å². The van der Waals surface area contributed by atoms with Crippen molar-refractivity contribution in [2.75, 3.05) is 17.7 Å². The van der Waals surface area contributed by atoms with Crippen LogP contribution in [0.5, 0.6) is 5.75 Å².